The molecule has 0 radical (unpaired) electrons. The number of phenolic OH excluding ortho intramolecular Hbond substituents is 1. The molecule has 0 aromatic heterocycles. The minimum absolute atomic E-state index is 0.00137. The number of phenols is 1. The van der Waals surface area contributed by atoms with Crippen LogP contribution in [-0.4, -0.2) is 36.8 Å². The largest absolute Gasteiger partial charge is 0.504 e. The summed E-state index contributed by atoms with van der Waals surface area (Å²) >= 11 is 0. The van der Waals surface area contributed by atoms with Crippen LogP contribution in [0.4, 0.5) is 0 Å². The fraction of sp³-hybridized carbons (Fsp3) is 0.167. The van der Waals surface area contributed by atoms with Crippen molar-refractivity contribution >= 4 is 18.0 Å². The molecular weight excluding hydrogens is 322 g/mol. The quantitative estimate of drug-likeness (QED) is 0.418. The van der Waals surface area contributed by atoms with E-state index in [4.69, 9.17) is 4.74 Å². The molecule has 0 aliphatic rings. The third-order valence-corrected chi connectivity index (χ3v) is 3.33. The first-order valence-corrected chi connectivity index (χ1v) is 7.62. The molecule has 0 fully saturated rings. The normalized spacial score (nSPS) is 10.4. The Hall–Kier alpha value is -3.35. The van der Waals surface area contributed by atoms with Gasteiger partial charge in [-0.1, -0.05) is 30.3 Å². The number of ether oxygens (including phenoxy) is 1. The Labute approximate surface area is 145 Å². The fourth-order valence-corrected chi connectivity index (χ4v) is 2.04. The van der Waals surface area contributed by atoms with E-state index in [-0.39, 0.29) is 11.5 Å². The molecule has 0 atom stereocenters. The van der Waals surface area contributed by atoms with Gasteiger partial charge in [0.15, 0.2) is 11.5 Å². The predicted molar refractivity (Wildman–Crippen MR) is 93.6 cm³/mol. The molecule has 2 amide bonds. The molecule has 0 bridgehead atoms. The highest BCUT2D eigenvalue weighted by Crippen LogP contribution is 2.25. The van der Waals surface area contributed by atoms with Crippen LogP contribution in [0.1, 0.15) is 11.1 Å². The Morgan fingerprint density at radius 3 is 2.64 bits per heavy atom. The maximum absolute atomic E-state index is 11.7. The molecule has 0 unspecified atom stereocenters. The molecule has 0 saturated carbocycles. The number of hydrazone groups is 1. The van der Waals surface area contributed by atoms with Crippen molar-refractivity contribution in [2.24, 2.45) is 5.10 Å². The molecule has 7 nitrogen and oxygen atoms in total. The fourth-order valence-electron chi connectivity index (χ4n) is 2.04. The van der Waals surface area contributed by atoms with Crippen LogP contribution >= 0.6 is 0 Å². The lowest BCUT2D eigenvalue weighted by atomic mass is 10.1. The molecule has 25 heavy (non-hydrogen) atoms. The minimum atomic E-state index is -0.852. The van der Waals surface area contributed by atoms with Crippen molar-refractivity contribution in [2.45, 2.75) is 6.42 Å². The van der Waals surface area contributed by atoms with Crippen LogP contribution in [0.3, 0.4) is 0 Å². The van der Waals surface area contributed by atoms with Gasteiger partial charge in [-0.05, 0) is 35.7 Å². The second kappa shape index (κ2) is 9.07. The summed E-state index contributed by atoms with van der Waals surface area (Å²) in [5.74, 6) is -1.32. The molecule has 0 aliphatic heterocycles. The molecule has 2 rings (SSSR count). The average Bonchev–Trinajstić information content (AvgIpc) is 2.63. The number of amides is 2. The van der Waals surface area contributed by atoms with Gasteiger partial charge in [0.2, 0.25) is 0 Å². The molecule has 0 aliphatic carbocycles. The summed E-state index contributed by atoms with van der Waals surface area (Å²) in [5.41, 5.74) is 3.82. The Morgan fingerprint density at radius 2 is 1.92 bits per heavy atom. The second-order valence-electron chi connectivity index (χ2n) is 5.12. The highest BCUT2D eigenvalue weighted by atomic mass is 16.5. The van der Waals surface area contributed by atoms with Crippen molar-refractivity contribution in [3.8, 4) is 11.5 Å². The van der Waals surface area contributed by atoms with Gasteiger partial charge >= 0.3 is 11.8 Å². The molecular formula is C18H19N3O4. The number of aromatic hydroxyl groups is 1. The number of carbonyl (C=O) groups excluding carboxylic acids is 2. The van der Waals surface area contributed by atoms with Crippen molar-refractivity contribution in [2.75, 3.05) is 13.7 Å². The van der Waals surface area contributed by atoms with E-state index in [1.165, 1.54) is 19.4 Å². The van der Waals surface area contributed by atoms with Crippen molar-refractivity contribution in [1.82, 2.24) is 10.7 Å². The lowest BCUT2D eigenvalue weighted by molar-refractivity contribution is -0.139. The zero-order valence-corrected chi connectivity index (χ0v) is 13.7. The van der Waals surface area contributed by atoms with Crippen LogP contribution in [0.25, 0.3) is 0 Å². The highest BCUT2D eigenvalue weighted by Gasteiger charge is 2.11. The lowest BCUT2D eigenvalue weighted by Gasteiger charge is -2.04. The lowest BCUT2D eigenvalue weighted by Crippen LogP contribution is -2.38. The molecule has 2 aromatic rings. The summed E-state index contributed by atoms with van der Waals surface area (Å²) in [6.07, 6.45) is 1.98. The van der Waals surface area contributed by atoms with Crippen molar-refractivity contribution < 1.29 is 19.4 Å². The van der Waals surface area contributed by atoms with Gasteiger partial charge in [0.1, 0.15) is 0 Å². The SMILES string of the molecule is COc1cc(C=NNC(=O)C(=O)NCCc2ccccc2)ccc1O. The Morgan fingerprint density at radius 1 is 1.16 bits per heavy atom. The number of benzene rings is 2. The molecule has 2 aromatic carbocycles. The first-order valence-electron chi connectivity index (χ1n) is 7.62. The van der Waals surface area contributed by atoms with E-state index in [0.717, 1.165) is 5.56 Å². The first kappa shape index (κ1) is 18.0. The number of methoxy groups -OCH3 is 1. The third kappa shape index (κ3) is 5.65. The zero-order valence-electron chi connectivity index (χ0n) is 13.7. The highest BCUT2D eigenvalue weighted by molar-refractivity contribution is 6.35. The van der Waals surface area contributed by atoms with Gasteiger partial charge in [0.25, 0.3) is 0 Å². The number of nitrogens with zero attached hydrogens (tertiary/aromatic N) is 1. The van der Waals surface area contributed by atoms with Crippen LogP contribution in [0.2, 0.25) is 0 Å². The van der Waals surface area contributed by atoms with E-state index in [9.17, 15) is 14.7 Å². The van der Waals surface area contributed by atoms with E-state index in [2.05, 4.69) is 15.8 Å². The number of carbonyl (C=O) groups is 2. The minimum Gasteiger partial charge on any atom is -0.504 e. The van der Waals surface area contributed by atoms with E-state index in [1.54, 1.807) is 12.1 Å². The van der Waals surface area contributed by atoms with Crippen LogP contribution in [-0.2, 0) is 16.0 Å². The van der Waals surface area contributed by atoms with Crippen LogP contribution < -0.4 is 15.5 Å². The van der Waals surface area contributed by atoms with Crippen molar-refractivity contribution in [1.29, 1.82) is 0 Å². The first-order chi connectivity index (χ1) is 12.1. The average molecular weight is 341 g/mol. The van der Waals surface area contributed by atoms with Crippen LogP contribution in [0.15, 0.2) is 53.6 Å². The van der Waals surface area contributed by atoms with Gasteiger partial charge in [-0.25, -0.2) is 5.43 Å². The summed E-state index contributed by atoms with van der Waals surface area (Å²) < 4.78 is 4.97. The zero-order chi connectivity index (χ0) is 18.1. The summed E-state index contributed by atoms with van der Waals surface area (Å²) in [6.45, 7) is 0.356. The molecule has 3 N–H and O–H groups in total. The Kier molecular flexibility index (Phi) is 6.53. The van der Waals surface area contributed by atoms with Gasteiger partial charge in [0.05, 0.1) is 13.3 Å². The smallest absolute Gasteiger partial charge is 0.329 e. The maximum atomic E-state index is 11.7. The summed E-state index contributed by atoms with van der Waals surface area (Å²) in [4.78, 5) is 23.3. The van der Waals surface area contributed by atoms with Crippen LogP contribution in [0.5, 0.6) is 11.5 Å². The summed E-state index contributed by atoms with van der Waals surface area (Å²) in [7, 11) is 1.43. The standard InChI is InChI=1S/C18H19N3O4/c1-25-16-11-14(7-8-15(16)22)12-20-21-18(24)17(23)19-10-9-13-5-3-2-4-6-13/h2-8,11-12,22H,9-10H2,1H3,(H,19,23)(H,21,24). The topological polar surface area (TPSA) is 100 Å². The number of nitrogens with one attached hydrogen (secondary N) is 2. The van der Waals surface area contributed by atoms with Gasteiger partial charge in [0, 0.05) is 6.54 Å². The molecule has 0 heterocycles. The van der Waals surface area contributed by atoms with Gasteiger partial charge in [-0.15, -0.1) is 0 Å². The molecule has 7 heteroatoms. The Bertz CT molecular complexity index is 760. The summed E-state index contributed by atoms with van der Waals surface area (Å²) in [6, 6.07) is 14.2. The summed E-state index contributed by atoms with van der Waals surface area (Å²) in [5, 5.41) is 15.7. The van der Waals surface area contributed by atoms with Crippen molar-refractivity contribution in [3.63, 3.8) is 0 Å². The van der Waals surface area contributed by atoms with Gasteiger partial charge < -0.3 is 15.2 Å². The Balaban J connectivity index is 1.78. The van der Waals surface area contributed by atoms with Gasteiger partial charge in [-0.2, -0.15) is 5.10 Å². The van der Waals surface area contributed by atoms with E-state index < -0.39 is 11.8 Å². The number of rotatable bonds is 6. The predicted octanol–water partition coefficient (Wildman–Crippen LogP) is 1.21. The number of hydrogen-bond donors (Lipinski definition) is 3. The molecule has 0 spiro atoms. The maximum Gasteiger partial charge on any atom is 0.329 e. The molecule has 0 saturated heterocycles. The van der Waals surface area contributed by atoms with Gasteiger partial charge in [-0.3, -0.25) is 9.59 Å². The number of hydrogen-bond acceptors (Lipinski definition) is 5. The molecule has 130 valence electrons. The van der Waals surface area contributed by atoms with Crippen molar-refractivity contribution in [3.05, 3.63) is 59.7 Å². The van der Waals surface area contributed by atoms with E-state index in [0.29, 0.717) is 18.5 Å². The van der Waals surface area contributed by atoms with Crippen LogP contribution in [0, 0.1) is 0 Å². The van der Waals surface area contributed by atoms with E-state index in [1.807, 2.05) is 30.3 Å². The monoisotopic (exact) mass is 341 g/mol. The second-order valence-corrected chi connectivity index (χ2v) is 5.12. The third-order valence-electron chi connectivity index (χ3n) is 3.33. The van der Waals surface area contributed by atoms with E-state index >= 15 is 0 Å².